The Morgan fingerprint density at radius 1 is 0.844 bits per heavy atom. The number of benzene rings is 3. The molecule has 7 nitrogen and oxygen atoms in total. The summed E-state index contributed by atoms with van der Waals surface area (Å²) in [5, 5.41) is 0. The van der Waals surface area contributed by atoms with E-state index in [1.54, 1.807) is 21.3 Å². The Kier molecular flexibility index (Phi) is 8.85. The lowest BCUT2D eigenvalue weighted by Gasteiger charge is -2.40. The Labute approximate surface area is 268 Å². The molecule has 3 aromatic rings. The van der Waals surface area contributed by atoms with Gasteiger partial charge >= 0.3 is 0 Å². The first-order chi connectivity index (χ1) is 21.7. The van der Waals surface area contributed by atoms with Gasteiger partial charge in [-0.05, 0) is 118 Å². The van der Waals surface area contributed by atoms with Crippen molar-refractivity contribution in [2.75, 3.05) is 49.0 Å². The number of methoxy groups -OCH3 is 3. The molecule has 4 aliphatic rings. The van der Waals surface area contributed by atoms with Crippen molar-refractivity contribution in [1.82, 2.24) is 9.80 Å². The molecule has 7 rings (SSSR count). The molecule has 45 heavy (non-hydrogen) atoms. The van der Waals surface area contributed by atoms with Crippen molar-refractivity contribution in [3.63, 3.8) is 0 Å². The van der Waals surface area contributed by atoms with E-state index in [-0.39, 0.29) is 18.2 Å². The van der Waals surface area contributed by atoms with Crippen LogP contribution in [0.4, 0.5) is 0 Å². The van der Waals surface area contributed by atoms with Crippen LogP contribution in [0.2, 0.25) is 0 Å². The van der Waals surface area contributed by atoms with E-state index < -0.39 is 0 Å². The van der Waals surface area contributed by atoms with E-state index in [2.05, 4.69) is 99.4 Å². The molecule has 0 saturated heterocycles. The second-order valence-electron chi connectivity index (χ2n) is 12.8. The number of aryl methyl sites for hydroxylation is 2. The molecule has 3 heterocycles. The molecular formula is C38H46N2O5. The van der Waals surface area contributed by atoms with Crippen LogP contribution >= 0.6 is 0 Å². The third kappa shape index (κ3) is 6.03. The monoisotopic (exact) mass is 610 g/mol. The standard InChI is InChI=1S/C38H46N2O5/c1-23-9-10-26-19-31(39(3)4)36-24(2)17-35(42-7)37(43-8)38(36)45-34-22-29-27(21-33(34)41-6)15-16-40(5)30(29)18-25-11-13-28(14-12-25)44-32(23)20-26/h9-14,17,20-21,30-31,34H,15-16,18-19,22H2,1-8H3. The lowest BCUT2D eigenvalue weighted by atomic mass is 9.82. The second-order valence-corrected chi connectivity index (χ2v) is 12.8. The van der Waals surface area contributed by atoms with E-state index >= 15 is 0 Å². The van der Waals surface area contributed by atoms with Gasteiger partial charge in [-0.1, -0.05) is 24.3 Å². The van der Waals surface area contributed by atoms with Gasteiger partial charge < -0.3 is 28.6 Å². The van der Waals surface area contributed by atoms with Gasteiger partial charge in [0.2, 0.25) is 5.75 Å². The predicted molar refractivity (Wildman–Crippen MR) is 178 cm³/mol. The first kappa shape index (κ1) is 31.1. The van der Waals surface area contributed by atoms with Crippen molar-refractivity contribution >= 4 is 0 Å². The minimum absolute atomic E-state index is 0.0181. The number of hydrogen-bond acceptors (Lipinski definition) is 7. The SMILES string of the molecule is COC1=CC2=C3CC1Oc1c(OC)c(OC)cc(C)c1C(N(C)C)Cc1ccc(C)c(c1)Oc1ccc(cc1)CC3N(C)CC2. The van der Waals surface area contributed by atoms with Gasteiger partial charge in [0.05, 0.1) is 21.3 Å². The largest absolute Gasteiger partial charge is 0.497 e. The molecule has 7 heteroatoms. The minimum Gasteiger partial charge on any atom is -0.497 e. The van der Waals surface area contributed by atoms with E-state index in [4.69, 9.17) is 23.7 Å². The first-order valence-corrected chi connectivity index (χ1v) is 15.8. The van der Waals surface area contributed by atoms with Gasteiger partial charge in [-0.15, -0.1) is 0 Å². The topological polar surface area (TPSA) is 52.6 Å². The smallest absolute Gasteiger partial charge is 0.203 e. The number of nitrogens with zero attached hydrogens (tertiary/aromatic N) is 2. The van der Waals surface area contributed by atoms with E-state index in [0.717, 1.165) is 66.2 Å². The molecule has 0 spiro atoms. The third-order valence-electron chi connectivity index (χ3n) is 9.71. The molecular weight excluding hydrogens is 564 g/mol. The molecule has 3 aliphatic heterocycles. The summed E-state index contributed by atoms with van der Waals surface area (Å²) in [5.74, 6) is 4.50. The number of ether oxygens (including phenoxy) is 5. The van der Waals surface area contributed by atoms with Crippen LogP contribution in [0.25, 0.3) is 0 Å². The fourth-order valence-corrected chi connectivity index (χ4v) is 7.12. The molecule has 238 valence electrons. The van der Waals surface area contributed by atoms with Crippen LogP contribution in [0.3, 0.4) is 0 Å². The van der Waals surface area contributed by atoms with Crippen LogP contribution < -0.4 is 18.9 Å². The lowest BCUT2D eigenvalue weighted by Crippen LogP contribution is -2.43. The number of fused-ring (bicyclic) bond motifs is 3. The van der Waals surface area contributed by atoms with Crippen LogP contribution in [0.5, 0.6) is 28.7 Å². The summed E-state index contributed by atoms with van der Waals surface area (Å²) < 4.78 is 31.5. The van der Waals surface area contributed by atoms with Crippen molar-refractivity contribution in [3.8, 4) is 28.7 Å². The normalized spacial score (nSPS) is 21.6. The molecule has 0 radical (unpaired) electrons. The Morgan fingerprint density at radius 3 is 2.29 bits per heavy atom. The molecule has 0 aromatic heterocycles. The zero-order valence-corrected chi connectivity index (χ0v) is 27.9. The molecule has 3 unspecified atom stereocenters. The summed E-state index contributed by atoms with van der Waals surface area (Å²) in [4.78, 5) is 4.72. The minimum atomic E-state index is -0.314. The summed E-state index contributed by atoms with van der Waals surface area (Å²) in [6.45, 7) is 5.22. The molecule has 0 N–H and O–H groups in total. The average Bonchev–Trinajstić information content (AvgIpc) is 3.03. The molecule has 3 atom stereocenters. The second kappa shape index (κ2) is 12.8. The summed E-state index contributed by atoms with van der Waals surface area (Å²) >= 11 is 0. The highest BCUT2D eigenvalue weighted by atomic mass is 16.6. The number of hydrogen-bond donors (Lipinski definition) is 0. The highest BCUT2D eigenvalue weighted by molar-refractivity contribution is 5.61. The Bertz CT molecular complexity index is 1620. The highest BCUT2D eigenvalue weighted by Crippen LogP contribution is 2.48. The zero-order chi connectivity index (χ0) is 31.8. The molecule has 0 amide bonds. The fraction of sp³-hybridized carbons (Fsp3) is 0.421. The summed E-state index contributed by atoms with van der Waals surface area (Å²) in [5.41, 5.74) is 8.46. The van der Waals surface area contributed by atoms with Crippen LogP contribution in [0, 0.1) is 13.8 Å². The van der Waals surface area contributed by atoms with Crippen molar-refractivity contribution in [1.29, 1.82) is 0 Å². The van der Waals surface area contributed by atoms with Crippen molar-refractivity contribution in [3.05, 3.63) is 99.3 Å². The first-order valence-electron chi connectivity index (χ1n) is 15.8. The van der Waals surface area contributed by atoms with Gasteiger partial charge in [0.15, 0.2) is 17.6 Å². The maximum absolute atomic E-state index is 7.14. The summed E-state index contributed by atoms with van der Waals surface area (Å²) in [6.07, 6.45) is 5.27. The molecule has 6 bridgehead atoms. The van der Waals surface area contributed by atoms with Gasteiger partial charge in [-0.25, -0.2) is 0 Å². The molecule has 0 fully saturated rings. The number of rotatable bonds is 4. The molecule has 3 aromatic carbocycles. The van der Waals surface area contributed by atoms with Crippen LogP contribution in [0.15, 0.2) is 71.5 Å². The van der Waals surface area contributed by atoms with Crippen molar-refractivity contribution in [2.45, 2.75) is 57.7 Å². The maximum atomic E-state index is 7.14. The maximum Gasteiger partial charge on any atom is 0.203 e. The quantitative estimate of drug-likeness (QED) is 0.310. The van der Waals surface area contributed by atoms with Crippen LogP contribution in [-0.2, 0) is 17.6 Å². The van der Waals surface area contributed by atoms with E-state index in [0.29, 0.717) is 17.2 Å². The van der Waals surface area contributed by atoms with Gasteiger partial charge in [0.25, 0.3) is 0 Å². The fourth-order valence-electron chi connectivity index (χ4n) is 7.12. The summed E-state index contributed by atoms with van der Waals surface area (Å²) in [7, 11) is 11.6. The third-order valence-corrected chi connectivity index (χ3v) is 9.71. The average molecular weight is 611 g/mol. The number of likely N-dealkylation sites (N-methyl/N-ethyl adjacent to an activating group) is 2. The van der Waals surface area contributed by atoms with Gasteiger partial charge in [-0.3, -0.25) is 4.90 Å². The zero-order valence-electron chi connectivity index (χ0n) is 27.9. The van der Waals surface area contributed by atoms with E-state index in [9.17, 15) is 0 Å². The van der Waals surface area contributed by atoms with Gasteiger partial charge in [-0.2, -0.15) is 0 Å². The van der Waals surface area contributed by atoms with Gasteiger partial charge in [0.1, 0.15) is 17.3 Å². The van der Waals surface area contributed by atoms with Crippen LogP contribution in [0.1, 0.15) is 46.7 Å². The Morgan fingerprint density at radius 2 is 1.60 bits per heavy atom. The van der Waals surface area contributed by atoms with E-state index in [1.807, 2.05) is 0 Å². The van der Waals surface area contributed by atoms with Crippen molar-refractivity contribution in [2.24, 2.45) is 0 Å². The number of allylic oxidation sites excluding steroid dienone is 1. The predicted octanol–water partition coefficient (Wildman–Crippen LogP) is 7.20. The van der Waals surface area contributed by atoms with Gasteiger partial charge in [0, 0.05) is 30.6 Å². The summed E-state index contributed by atoms with van der Waals surface area (Å²) in [6, 6.07) is 17.4. The lowest BCUT2D eigenvalue weighted by molar-refractivity contribution is 0.127. The molecule has 1 aliphatic carbocycles. The van der Waals surface area contributed by atoms with Crippen molar-refractivity contribution < 1.29 is 23.7 Å². The highest BCUT2D eigenvalue weighted by Gasteiger charge is 2.37. The Balaban J connectivity index is 1.56. The van der Waals surface area contributed by atoms with E-state index in [1.165, 1.54) is 22.3 Å². The van der Waals surface area contributed by atoms with Crippen LogP contribution in [-0.4, -0.2) is 71.0 Å². The molecule has 0 saturated carbocycles. The Hall–Kier alpha value is -3.94.